The van der Waals surface area contributed by atoms with Crippen molar-refractivity contribution in [2.24, 2.45) is 0 Å². The predicted molar refractivity (Wildman–Crippen MR) is 143 cm³/mol. The molecule has 0 aliphatic carbocycles. The lowest BCUT2D eigenvalue weighted by Gasteiger charge is -2.25. The zero-order chi connectivity index (χ0) is 27.7. The Bertz CT molecular complexity index is 1360. The van der Waals surface area contributed by atoms with Crippen molar-refractivity contribution < 1.29 is 37.0 Å². The molecule has 1 N–H and O–H groups in total. The molecule has 0 radical (unpaired) electrons. The van der Waals surface area contributed by atoms with Crippen molar-refractivity contribution in [3.8, 4) is 17.2 Å². The van der Waals surface area contributed by atoms with Crippen molar-refractivity contribution in [2.75, 3.05) is 43.6 Å². The van der Waals surface area contributed by atoms with Crippen molar-refractivity contribution in [2.45, 2.75) is 18.7 Å². The number of amides is 1. The van der Waals surface area contributed by atoms with E-state index in [4.69, 9.17) is 18.9 Å². The van der Waals surface area contributed by atoms with E-state index in [0.717, 1.165) is 4.31 Å². The fourth-order valence-corrected chi connectivity index (χ4v) is 4.97. The third-order valence-electron chi connectivity index (χ3n) is 5.35. The van der Waals surface area contributed by atoms with Gasteiger partial charge in [0.05, 0.1) is 43.6 Å². The zero-order valence-corrected chi connectivity index (χ0v) is 22.4. The fourth-order valence-electron chi connectivity index (χ4n) is 3.53. The molecule has 0 aromatic heterocycles. The number of hydrogen-bond donors (Lipinski definition) is 1. The summed E-state index contributed by atoms with van der Waals surface area (Å²) in [5.41, 5.74) is 0.978. The highest BCUT2D eigenvalue weighted by Crippen LogP contribution is 2.32. The lowest BCUT2D eigenvalue weighted by atomic mass is 10.2. The van der Waals surface area contributed by atoms with Crippen molar-refractivity contribution in [3.05, 3.63) is 72.3 Å². The van der Waals surface area contributed by atoms with Gasteiger partial charge in [0.1, 0.15) is 12.3 Å². The maximum absolute atomic E-state index is 13.7. The van der Waals surface area contributed by atoms with Crippen LogP contribution in [0, 0.1) is 0 Å². The fraction of sp³-hybridized carbons (Fsp3) is 0.259. The Balaban J connectivity index is 1.91. The number of anilines is 2. The van der Waals surface area contributed by atoms with E-state index in [0.29, 0.717) is 29.4 Å². The van der Waals surface area contributed by atoms with E-state index < -0.39 is 28.4 Å². The number of sulfonamides is 1. The number of nitrogens with one attached hydrogen (secondary N) is 1. The van der Waals surface area contributed by atoms with Crippen LogP contribution in [-0.2, 0) is 19.6 Å². The summed E-state index contributed by atoms with van der Waals surface area (Å²) in [7, 11) is -1.37. The predicted octanol–water partition coefficient (Wildman–Crippen LogP) is 4.11. The minimum Gasteiger partial charge on any atom is -0.494 e. The molecule has 3 rings (SSSR count). The molecule has 1 amide bonds. The molecule has 0 fully saturated rings. The molecule has 0 bridgehead atoms. The molecule has 0 saturated carbocycles. The third-order valence-corrected chi connectivity index (χ3v) is 7.12. The highest BCUT2D eigenvalue weighted by Gasteiger charge is 2.28. The van der Waals surface area contributed by atoms with E-state index in [2.05, 4.69) is 5.32 Å². The van der Waals surface area contributed by atoms with Crippen LogP contribution in [0.25, 0.3) is 0 Å². The van der Waals surface area contributed by atoms with Gasteiger partial charge in [0.15, 0.2) is 11.5 Å². The van der Waals surface area contributed by atoms with E-state index in [1.807, 2.05) is 6.92 Å². The van der Waals surface area contributed by atoms with Gasteiger partial charge in [-0.1, -0.05) is 0 Å². The number of esters is 1. The summed E-state index contributed by atoms with van der Waals surface area (Å²) in [5, 5.41) is 2.67. The molecule has 10 nitrogen and oxygen atoms in total. The van der Waals surface area contributed by atoms with E-state index in [1.165, 1.54) is 56.7 Å². The van der Waals surface area contributed by atoms with Crippen LogP contribution in [0.3, 0.4) is 0 Å². The lowest BCUT2D eigenvalue weighted by Crippen LogP contribution is -2.38. The van der Waals surface area contributed by atoms with Gasteiger partial charge >= 0.3 is 5.97 Å². The normalized spacial score (nSPS) is 10.8. The quantitative estimate of drug-likeness (QED) is 0.340. The van der Waals surface area contributed by atoms with E-state index in [-0.39, 0.29) is 22.9 Å². The largest absolute Gasteiger partial charge is 0.494 e. The summed E-state index contributed by atoms with van der Waals surface area (Å²) in [6.07, 6.45) is 0. The van der Waals surface area contributed by atoms with Crippen molar-refractivity contribution in [1.82, 2.24) is 0 Å². The Morgan fingerprint density at radius 3 is 2.08 bits per heavy atom. The monoisotopic (exact) mass is 542 g/mol. The molecule has 202 valence electrons. The van der Waals surface area contributed by atoms with Crippen LogP contribution in [0.5, 0.6) is 17.2 Å². The summed E-state index contributed by atoms with van der Waals surface area (Å²) in [5.74, 6) is 0.0835. The minimum atomic E-state index is -4.21. The average molecular weight is 543 g/mol. The lowest BCUT2D eigenvalue weighted by molar-refractivity contribution is -0.114. The first-order valence-electron chi connectivity index (χ1n) is 11.8. The standard InChI is InChI=1S/C27H30N2O8S/c1-5-36-22-13-11-21(12-14-22)29(38(32,33)23-15-16-24(34-3)25(17-23)35-4)18-26(30)28-20-9-7-19(8-10-20)27(31)37-6-2/h7-17H,5-6,18H2,1-4H3,(H,28,30). The molecule has 0 heterocycles. The average Bonchev–Trinajstić information content (AvgIpc) is 2.92. The molecule has 0 unspecified atom stereocenters. The minimum absolute atomic E-state index is 0.0874. The number of rotatable bonds is 12. The first-order chi connectivity index (χ1) is 18.2. The summed E-state index contributed by atoms with van der Waals surface area (Å²) in [6.45, 7) is 3.71. The smallest absolute Gasteiger partial charge is 0.338 e. The van der Waals surface area contributed by atoms with Crippen LogP contribution in [0.15, 0.2) is 71.6 Å². The van der Waals surface area contributed by atoms with Crippen LogP contribution in [-0.4, -0.2) is 54.3 Å². The number of carbonyl (C=O) groups is 2. The highest BCUT2D eigenvalue weighted by molar-refractivity contribution is 7.92. The first kappa shape index (κ1) is 28.3. The second-order valence-corrected chi connectivity index (χ2v) is 9.66. The van der Waals surface area contributed by atoms with Crippen LogP contribution in [0.1, 0.15) is 24.2 Å². The molecule has 0 spiro atoms. The molecule has 0 aliphatic heterocycles. The number of benzene rings is 3. The number of hydrogen-bond acceptors (Lipinski definition) is 8. The second kappa shape index (κ2) is 12.8. The van der Waals surface area contributed by atoms with E-state index in [1.54, 1.807) is 31.2 Å². The van der Waals surface area contributed by atoms with Crippen LogP contribution < -0.4 is 23.8 Å². The summed E-state index contributed by atoms with van der Waals surface area (Å²) in [4.78, 5) is 24.8. The zero-order valence-electron chi connectivity index (χ0n) is 21.6. The number of ether oxygens (including phenoxy) is 4. The summed E-state index contributed by atoms with van der Waals surface area (Å²) >= 11 is 0. The summed E-state index contributed by atoms with van der Waals surface area (Å²) in [6, 6.07) is 16.7. The van der Waals surface area contributed by atoms with Gasteiger partial charge < -0.3 is 24.3 Å². The third kappa shape index (κ3) is 6.74. The maximum Gasteiger partial charge on any atom is 0.338 e. The molecule has 38 heavy (non-hydrogen) atoms. The van der Waals surface area contributed by atoms with Gasteiger partial charge in [-0.2, -0.15) is 0 Å². The Kier molecular flexibility index (Phi) is 9.55. The van der Waals surface area contributed by atoms with Crippen LogP contribution in [0.4, 0.5) is 11.4 Å². The van der Waals surface area contributed by atoms with Crippen molar-refractivity contribution in [3.63, 3.8) is 0 Å². The van der Waals surface area contributed by atoms with Crippen molar-refractivity contribution >= 4 is 33.3 Å². The second-order valence-electron chi connectivity index (χ2n) is 7.80. The Morgan fingerprint density at radius 2 is 1.50 bits per heavy atom. The molecule has 0 atom stereocenters. The first-order valence-corrected chi connectivity index (χ1v) is 13.2. The van der Waals surface area contributed by atoms with Gasteiger partial charge in [-0.15, -0.1) is 0 Å². The van der Waals surface area contributed by atoms with Crippen LogP contribution in [0.2, 0.25) is 0 Å². The van der Waals surface area contributed by atoms with Gasteiger partial charge in [-0.25, -0.2) is 13.2 Å². The molecule has 0 saturated heterocycles. The van der Waals surface area contributed by atoms with Gasteiger partial charge in [0.2, 0.25) is 5.91 Å². The van der Waals surface area contributed by atoms with Gasteiger partial charge in [0.25, 0.3) is 10.0 Å². The molecule has 3 aromatic rings. The Morgan fingerprint density at radius 1 is 0.842 bits per heavy atom. The molecule has 11 heteroatoms. The van der Waals surface area contributed by atoms with E-state index >= 15 is 0 Å². The Hall–Kier alpha value is -4.25. The highest BCUT2D eigenvalue weighted by atomic mass is 32.2. The number of nitrogens with zero attached hydrogens (tertiary/aromatic N) is 1. The summed E-state index contributed by atoms with van der Waals surface area (Å²) < 4.78 is 49.4. The molecule has 3 aromatic carbocycles. The van der Waals surface area contributed by atoms with Gasteiger partial charge in [-0.05, 0) is 74.5 Å². The maximum atomic E-state index is 13.7. The van der Waals surface area contributed by atoms with Gasteiger partial charge in [0, 0.05) is 11.8 Å². The number of methoxy groups -OCH3 is 2. The number of carbonyl (C=O) groups excluding carboxylic acids is 2. The van der Waals surface area contributed by atoms with E-state index in [9.17, 15) is 18.0 Å². The van der Waals surface area contributed by atoms with Gasteiger partial charge in [-0.3, -0.25) is 9.10 Å². The molecule has 0 aliphatic rings. The SMILES string of the molecule is CCOC(=O)c1ccc(NC(=O)CN(c2ccc(OCC)cc2)S(=O)(=O)c2ccc(OC)c(OC)c2)cc1. The van der Waals surface area contributed by atoms with Crippen molar-refractivity contribution in [1.29, 1.82) is 0 Å². The molecular formula is C27H30N2O8S. The topological polar surface area (TPSA) is 120 Å². The van der Waals surface area contributed by atoms with Crippen LogP contribution >= 0.6 is 0 Å². The molecular weight excluding hydrogens is 512 g/mol. The Labute approximate surface area is 222 Å².